The first kappa shape index (κ1) is 13.7. The lowest BCUT2D eigenvalue weighted by Gasteiger charge is -2.35. The van der Waals surface area contributed by atoms with E-state index in [1.54, 1.807) is 0 Å². The second kappa shape index (κ2) is 5.53. The number of piperidine rings is 1. The summed E-state index contributed by atoms with van der Waals surface area (Å²) in [7, 11) is 2.07. The molecule has 0 amide bonds. The third-order valence-corrected chi connectivity index (χ3v) is 4.02. The third kappa shape index (κ3) is 3.01. The molecule has 1 fully saturated rings. The fourth-order valence-electron chi connectivity index (χ4n) is 2.30. The summed E-state index contributed by atoms with van der Waals surface area (Å²) in [4.78, 5) is 2.26. The van der Waals surface area contributed by atoms with Crippen molar-refractivity contribution in [2.45, 2.75) is 31.8 Å². The molecule has 1 aliphatic heterocycles. The minimum atomic E-state index is -0.548. The van der Waals surface area contributed by atoms with Crippen LogP contribution >= 0.6 is 15.9 Å². The molecule has 0 aromatic heterocycles. The molecule has 1 heterocycles. The van der Waals surface area contributed by atoms with Crippen LogP contribution in [0.5, 0.6) is 0 Å². The lowest BCUT2D eigenvalue weighted by molar-refractivity contribution is 0.190. The van der Waals surface area contributed by atoms with E-state index in [4.69, 9.17) is 0 Å². The quantitative estimate of drug-likeness (QED) is 0.896. The predicted octanol–water partition coefficient (Wildman–Crippen LogP) is 3.62. The first-order valence-electron chi connectivity index (χ1n) is 6.08. The molecule has 2 unspecified atom stereocenters. The number of likely N-dealkylation sites (tertiary alicyclic amines) is 1. The largest absolute Gasteiger partial charge is 0.377 e. The van der Waals surface area contributed by atoms with Crippen molar-refractivity contribution >= 4 is 21.6 Å². The van der Waals surface area contributed by atoms with E-state index in [1.165, 1.54) is 12.1 Å². The van der Waals surface area contributed by atoms with Gasteiger partial charge in [-0.3, -0.25) is 0 Å². The molecule has 5 heteroatoms. The van der Waals surface area contributed by atoms with E-state index in [-0.39, 0.29) is 11.7 Å². The minimum absolute atomic E-state index is 0.0139. The summed E-state index contributed by atoms with van der Waals surface area (Å²) >= 11 is 3.08. The van der Waals surface area contributed by atoms with Gasteiger partial charge >= 0.3 is 0 Å². The molecule has 18 heavy (non-hydrogen) atoms. The number of hydrogen-bond acceptors (Lipinski definition) is 2. The number of anilines is 1. The average Bonchev–Trinajstić information content (AvgIpc) is 2.28. The van der Waals surface area contributed by atoms with E-state index in [1.807, 2.05) is 0 Å². The number of nitrogens with one attached hydrogen (secondary N) is 1. The zero-order chi connectivity index (χ0) is 13.3. The molecule has 1 saturated heterocycles. The van der Waals surface area contributed by atoms with Gasteiger partial charge in [-0.1, -0.05) is 15.9 Å². The van der Waals surface area contributed by atoms with Crippen LogP contribution in [0.4, 0.5) is 14.5 Å². The summed E-state index contributed by atoms with van der Waals surface area (Å²) in [6, 6.07) is 3.12. The van der Waals surface area contributed by atoms with Crippen molar-refractivity contribution in [1.29, 1.82) is 0 Å². The van der Waals surface area contributed by atoms with Crippen molar-refractivity contribution in [2.24, 2.45) is 0 Å². The molecule has 1 aliphatic rings. The van der Waals surface area contributed by atoms with Gasteiger partial charge in [0.25, 0.3) is 0 Å². The van der Waals surface area contributed by atoms with Gasteiger partial charge in [-0.25, -0.2) is 8.78 Å². The Balaban J connectivity index is 2.10. The molecule has 2 nitrogen and oxygen atoms in total. The van der Waals surface area contributed by atoms with Crippen molar-refractivity contribution in [1.82, 2.24) is 4.90 Å². The van der Waals surface area contributed by atoms with Crippen molar-refractivity contribution in [3.63, 3.8) is 0 Å². The van der Waals surface area contributed by atoms with Gasteiger partial charge in [0.05, 0.1) is 0 Å². The maximum Gasteiger partial charge on any atom is 0.150 e. The highest BCUT2D eigenvalue weighted by Gasteiger charge is 2.24. The molecule has 0 saturated carbocycles. The summed E-state index contributed by atoms with van der Waals surface area (Å²) in [5, 5.41) is 3.00. The minimum Gasteiger partial charge on any atom is -0.377 e. The Morgan fingerprint density at radius 2 is 1.94 bits per heavy atom. The molecule has 2 atom stereocenters. The smallest absolute Gasteiger partial charge is 0.150 e. The maximum absolute atomic E-state index is 13.7. The van der Waals surface area contributed by atoms with Crippen molar-refractivity contribution in [3.05, 3.63) is 28.2 Å². The first-order chi connectivity index (χ1) is 8.47. The lowest BCUT2D eigenvalue weighted by Crippen LogP contribution is -2.42. The summed E-state index contributed by atoms with van der Waals surface area (Å²) in [5.74, 6) is -1.10. The number of hydrogen-bond donors (Lipinski definition) is 1. The zero-order valence-corrected chi connectivity index (χ0v) is 12.1. The topological polar surface area (TPSA) is 15.3 Å². The van der Waals surface area contributed by atoms with Crippen molar-refractivity contribution < 1.29 is 8.78 Å². The van der Waals surface area contributed by atoms with Gasteiger partial charge in [0, 0.05) is 23.1 Å². The highest BCUT2D eigenvalue weighted by molar-refractivity contribution is 9.10. The monoisotopic (exact) mass is 318 g/mol. The van der Waals surface area contributed by atoms with Crippen LogP contribution in [0.25, 0.3) is 0 Å². The Morgan fingerprint density at radius 3 is 2.50 bits per heavy atom. The van der Waals surface area contributed by atoms with Crippen LogP contribution in [0.15, 0.2) is 16.6 Å². The molecule has 0 bridgehead atoms. The molecule has 2 rings (SSSR count). The highest BCUT2D eigenvalue weighted by Crippen LogP contribution is 2.27. The molecular weight excluding hydrogens is 302 g/mol. The van der Waals surface area contributed by atoms with Crippen LogP contribution in [-0.4, -0.2) is 30.6 Å². The van der Waals surface area contributed by atoms with Gasteiger partial charge in [-0.2, -0.15) is 0 Å². The lowest BCUT2D eigenvalue weighted by atomic mass is 9.98. The molecule has 1 aromatic carbocycles. The Bertz CT molecular complexity index is 416. The zero-order valence-electron chi connectivity index (χ0n) is 10.5. The van der Waals surface area contributed by atoms with Crippen LogP contribution < -0.4 is 5.32 Å². The van der Waals surface area contributed by atoms with E-state index in [2.05, 4.69) is 40.1 Å². The SMILES string of the molecule is CC1CC(Nc2c(F)cc(Br)cc2F)CCN1C. The van der Waals surface area contributed by atoms with Crippen molar-refractivity contribution in [2.75, 3.05) is 18.9 Å². The Kier molecular flexibility index (Phi) is 4.22. The number of nitrogens with zero attached hydrogens (tertiary/aromatic N) is 1. The summed E-state index contributed by atoms with van der Waals surface area (Å²) in [6.07, 6.45) is 1.79. The van der Waals surface area contributed by atoms with Gasteiger partial charge < -0.3 is 10.2 Å². The maximum atomic E-state index is 13.7. The molecule has 0 aliphatic carbocycles. The highest BCUT2D eigenvalue weighted by atomic mass is 79.9. The van der Waals surface area contributed by atoms with Gasteiger partial charge in [-0.05, 0) is 38.9 Å². The molecule has 100 valence electrons. The molecule has 1 N–H and O–H groups in total. The van der Waals surface area contributed by atoms with Crippen LogP contribution in [0.3, 0.4) is 0 Å². The van der Waals surface area contributed by atoms with E-state index in [0.29, 0.717) is 10.5 Å². The Labute approximate surface area is 114 Å². The van der Waals surface area contributed by atoms with Crippen LogP contribution in [0.1, 0.15) is 19.8 Å². The predicted molar refractivity (Wildman–Crippen MR) is 72.8 cm³/mol. The van der Waals surface area contributed by atoms with E-state index in [9.17, 15) is 8.78 Å². The van der Waals surface area contributed by atoms with E-state index >= 15 is 0 Å². The van der Waals surface area contributed by atoms with E-state index in [0.717, 1.165) is 19.4 Å². The van der Waals surface area contributed by atoms with Gasteiger partial charge in [0.2, 0.25) is 0 Å². The fourth-order valence-corrected chi connectivity index (χ4v) is 2.71. The van der Waals surface area contributed by atoms with Gasteiger partial charge in [-0.15, -0.1) is 0 Å². The summed E-state index contributed by atoms with van der Waals surface area (Å²) < 4.78 is 27.8. The number of halogens is 3. The Morgan fingerprint density at radius 1 is 1.33 bits per heavy atom. The molecular formula is C13H17BrF2N2. The standard InChI is InChI=1S/C13H17BrF2N2/c1-8-5-10(3-4-18(8)2)17-13-11(15)6-9(14)7-12(13)16/h6-8,10,17H,3-5H2,1-2H3. The second-order valence-corrected chi connectivity index (χ2v) is 5.86. The summed E-state index contributed by atoms with van der Waals surface area (Å²) in [6.45, 7) is 3.07. The van der Waals surface area contributed by atoms with Crippen LogP contribution in [-0.2, 0) is 0 Å². The first-order valence-corrected chi connectivity index (χ1v) is 6.88. The van der Waals surface area contributed by atoms with Gasteiger partial charge in [0.15, 0.2) is 0 Å². The van der Waals surface area contributed by atoms with E-state index < -0.39 is 11.6 Å². The average molecular weight is 319 g/mol. The summed E-state index contributed by atoms with van der Waals surface area (Å²) in [5.41, 5.74) is -0.0139. The molecule has 0 radical (unpaired) electrons. The third-order valence-electron chi connectivity index (χ3n) is 3.56. The molecule has 1 aromatic rings. The second-order valence-electron chi connectivity index (χ2n) is 4.94. The van der Waals surface area contributed by atoms with Crippen LogP contribution in [0, 0.1) is 11.6 Å². The van der Waals surface area contributed by atoms with Crippen molar-refractivity contribution in [3.8, 4) is 0 Å². The van der Waals surface area contributed by atoms with Gasteiger partial charge in [0.1, 0.15) is 17.3 Å². The Hall–Kier alpha value is -0.680. The number of benzene rings is 1. The normalized spacial score (nSPS) is 25.2. The number of rotatable bonds is 2. The van der Waals surface area contributed by atoms with Crippen LogP contribution in [0.2, 0.25) is 0 Å². The molecule has 0 spiro atoms. The fraction of sp³-hybridized carbons (Fsp3) is 0.538.